The minimum atomic E-state index is -0.600. The van der Waals surface area contributed by atoms with Crippen LogP contribution in [-0.4, -0.2) is 41.3 Å². The van der Waals surface area contributed by atoms with Crippen molar-refractivity contribution >= 4 is 34.9 Å². The number of carbonyl (C=O) groups excluding carboxylic acids is 2. The zero-order valence-electron chi connectivity index (χ0n) is 12.7. The van der Waals surface area contributed by atoms with Gasteiger partial charge < -0.3 is 10.5 Å². The van der Waals surface area contributed by atoms with E-state index < -0.39 is 11.9 Å². The molecule has 7 heteroatoms. The summed E-state index contributed by atoms with van der Waals surface area (Å²) in [5, 5.41) is -0.189. The SMILES string of the molecule is COC(=O)CN(C(=O)C1=CC2=CC(C)=C(C)CC2=N1)C(N)=S. The van der Waals surface area contributed by atoms with Crippen molar-refractivity contribution in [1.82, 2.24) is 4.90 Å². The van der Waals surface area contributed by atoms with Crippen LogP contribution in [0.3, 0.4) is 0 Å². The maximum atomic E-state index is 12.5. The van der Waals surface area contributed by atoms with Crippen LogP contribution >= 0.6 is 12.2 Å². The van der Waals surface area contributed by atoms with Gasteiger partial charge in [0, 0.05) is 6.42 Å². The zero-order valence-corrected chi connectivity index (χ0v) is 13.5. The highest BCUT2D eigenvalue weighted by molar-refractivity contribution is 7.80. The average molecular weight is 319 g/mol. The number of fused-ring (bicyclic) bond motifs is 1. The third-order valence-corrected chi connectivity index (χ3v) is 3.82. The molecule has 0 fully saturated rings. The molecule has 0 aromatic heterocycles. The Labute approximate surface area is 134 Å². The number of hydrogen-bond acceptors (Lipinski definition) is 5. The number of amides is 1. The number of ether oxygens (including phenoxy) is 1. The molecule has 1 aliphatic heterocycles. The van der Waals surface area contributed by atoms with Gasteiger partial charge in [-0.1, -0.05) is 17.2 Å². The van der Waals surface area contributed by atoms with E-state index in [0.717, 1.165) is 16.2 Å². The summed E-state index contributed by atoms with van der Waals surface area (Å²) in [6.45, 7) is 3.72. The monoisotopic (exact) mass is 319 g/mol. The van der Waals surface area contributed by atoms with Crippen LogP contribution in [0.4, 0.5) is 0 Å². The molecule has 0 radical (unpaired) electrons. The summed E-state index contributed by atoms with van der Waals surface area (Å²) >= 11 is 4.84. The van der Waals surface area contributed by atoms with Crippen LogP contribution in [0.2, 0.25) is 0 Å². The molecule has 2 N–H and O–H groups in total. The molecule has 6 nitrogen and oxygen atoms in total. The fourth-order valence-corrected chi connectivity index (χ4v) is 2.33. The average Bonchev–Trinajstić information content (AvgIpc) is 2.86. The molecular formula is C15H17N3O3S. The maximum absolute atomic E-state index is 12.5. The molecule has 1 heterocycles. The van der Waals surface area contributed by atoms with Crippen LogP contribution in [0.15, 0.2) is 39.6 Å². The van der Waals surface area contributed by atoms with Gasteiger partial charge in [-0.3, -0.25) is 14.5 Å². The minimum absolute atomic E-state index is 0.189. The van der Waals surface area contributed by atoms with Crippen LogP contribution in [0, 0.1) is 0 Å². The van der Waals surface area contributed by atoms with Gasteiger partial charge in [0.15, 0.2) is 5.11 Å². The van der Waals surface area contributed by atoms with Crippen molar-refractivity contribution in [2.45, 2.75) is 20.3 Å². The van der Waals surface area contributed by atoms with E-state index in [9.17, 15) is 9.59 Å². The number of aliphatic imine (C=N–C) groups is 1. The molecule has 116 valence electrons. The Morgan fingerprint density at radius 3 is 2.68 bits per heavy atom. The quantitative estimate of drug-likeness (QED) is 0.625. The number of methoxy groups -OCH3 is 1. The van der Waals surface area contributed by atoms with Gasteiger partial charge in [0.05, 0.1) is 12.8 Å². The lowest BCUT2D eigenvalue weighted by molar-refractivity contribution is -0.143. The number of nitrogens with two attached hydrogens (primary N) is 1. The van der Waals surface area contributed by atoms with Gasteiger partial charge >= 0.3 is 5.97 Å². The highest BCUT2D eigenvalue weighted by atomic mass is 32.1. The van der Waals surface area contributed by atoms with E-state index in [-0.39, 0.29) is 17.4 Å². The Balaban J connectivity index is 2.24. The first-order valence-electron chi connectivity index (χ1n) is 6.69. The largest absolute Gasteiger partial charge is 0.468 e. The van der Waals surface area contributed by atoms with E-state index >= 15 is 0 Å². The van der Waals surface area contributed by atoms with Gasteiger partial charge in [0.25, 0.3) is 5.91 Å². The first-order chi connectivity index (χ1) is 10.3. The van der Waals surface area contributed by atoms with Gasteiger partial charge in [-0.05, 0) is 37.7 Å². The lowest BCUT2D eigenvalue weighted by atomic mass is 9.93. The molecule has 0 atom stereocenters. The van der Waals surface area contributed by atoms with Crippen LogP contribution in [-0.2, 0) is 14.3 Å². The lowest BCUT2D eigenvalue weighted by Gasteiger charge is -2.18. The van der Waals surface area contributed by atoms with Crippen molar-refractivity contribution in [2.75, 3.05) is 13.7 Å². The van der Waals surface area contributed by atoms with Crippen molar-refractivity contribution in [1.29, 1.82) is 0 Å². The Bertz CT molecular complexity index is 686. The molecular weight excluding hydrogens is 302 g/mol. The highest BCUT2D eigenvalue weighted by Crippen LogP contribution is 2.28. The second-order valence-corrected chi connectivity index (χ2v) is 5.55. The van der Waals surface area contributed by atoms with Gasteiger partial charge in [-0.15, -0.1) is 0 Å². The zero-order chi connectivity index (χ0) is 16.4. The third-order valence-electron chi connectivity index (χ3n) is 3.60. The van der Waals surface area contributed by atoms with E-state index in [1.807, 2.05) is 19.9 Å². The van der Waals surface area contributed by atoms with Gasteiger partial charge in [0.2, 0.25) is 0 Å². The van der Waals surface area contributed by atoms with Crippen molar-refractivity contribution in [2.24, 2.45) is 10.7 Å². The Hall–Kier alpha value is -2.28. The summed E-state index contributed by atoms with van der Waals surface area (Å²) in [6, 6.07) is 0. The van der Waals surface area contributed by atoms with E-state index in [1.54, 1.807) is 6.08 Å². The van der Waals surface area contributed by atoms with Crippen molar-refractivity contribution in [3.63, 3.8) is 0 Å². The Kier molecular flexibility index (Phi) is 4.56. The van der Waals surface area contributed by atoms with Gasteiger partial charge in [-0.2, -0.15) is 0 Å². The molecule has 2 aliphatic rings. The topological polar surface area (TPSA) is 85.0 Å². The van der Waals surface area contributed by atoms with Crippen LogP contribution in [0.5, 0.6) is 0 Å². The summed E-state index contributed by atoms with van der Waals surface area (Å²) in [5.74, 6) is -1.10. The Morgan fingerprint density at radius 2 is 2.09 bits per heavy atom. The van der Waals surface area contributed by atoms with Gasteiger partial charge in [-0.25, -0.2) is 4.99 Å². The molecule has 0 saturated carbocycles. The molecule has 0 aromatic rings. The summed E-state index contributed by atoms with van der Waals surface area (Å²) in [5.41, 5.74) is 9.88. The predicted molar refractivity (Wildman–Crippen MR) is 87.1 cm³/mol. The summed E-state index contributed by atoms with van der Waals surface area (Å²) in [6.07, 6.45) is 4.38. The number of esters is 1. The second-order valence-electron chi connectivity index (χ2n) is 5.13. The number of hydrogen-bond donors (Lipinski definition) is 1. The van der Waals surface area contributed by atoms with Crippen LogP contribution in [0.1, 0.15) is 20.3 Å². The van der Waals surface area contributed by atoms with Crippen molar-refractivity contribution in [3.8, 4) is 0 Å². The van der Waals surface area contributed by atoms with Crippen LogP contribution in [0.25, 0.3) is 0 Å². The number of rotatable bonds is 3. The highest BCUT2D eigenvalue weighted by Gasteiger charge is 2.28. The van der Waals surface area contributed by atoms with E-state index in [2.05, 4.69) is 9.73 Å². The molecule has 0 saturated heterocycles. The molecule has 22 heavy (non-hydrogen) atoms. The van der Waals surface area contributed by atoms with Crippen LogP contribution < -0.4 is 5.73 Å². The predicted octanol–water partition coefficient (Wildman–Crippen LogP) is 1.24. The number of allylic oxidation sites excluding steroid dienone is 5. The standard InChI is InChI=1S/C15H17N3O3S/c1-8-4-10-6-12(17-11(10)5-9(8)2)14(20)18(15(16)22)7-13(19)21-3/h4,6H,5,7H2,1-3H3,(H2,16,22). The fourth-order valence-electron chi connectivity index (χ4n) is 2.18. The second kappa shape index (κ2) is 6.23. The molecule has 2 rings (SSSR count). The van der Waals surface area contributed by atoms with E-state index in [4.69, 9.17) is 18.0 Å². The smallest absolute Gasteiger partial charge is 0.325 e. The third kappa shape index (κ3) is 3.14. The van der Waals surface area contributed by atoms with E-state index in [0.29, 0.717) is 6.42 Å². The minimum Gasteiger partial charge on any atom is -0.468 e. The number of thiocarbonyl (C=S) groups is 1. The van der Waals surface area contributed by atoms with Crippen molar-refractivity contribution < 1.29 is 14.3 Å². The number of carbonyl (C=O) groups is 2. The summed E-state index contributed by atoms with van der Waals surface area (Å²) in [4.78, 5) is 29.2. The molecule has 1 amide bonds. The first kappa shape index (κ1) is 16.1. The van der Waals surface area contributed by atoms with Gasteiger partial charge in [0.1, 0.15) is 12.2 Å². The number of nitrogens with zero attached hydrogens (tertiary/aromatic N) is 2. The Morgan fingerprint density at radius 1 is 1.41 bits per heavy atom. The molecule has 0 bridgehead atoms. The van der Waals surface area contributed by atoms with E-state index in [1.165, 1.54) is 18.3 Å². The maximum Gasteiger partial charge on any atom is 0.325 e. The summed E-state index contributed by atoms with van der Waals surface area (Å²) < 4.78 is 4.55. The molecule has 0 aromatic carbocycles. The molecule has 1 aliphatic carbocycles. The fraction of sp³-hybridized carbons (Fsp3) is 0.333. The molecule has 0 unspecified atom stereocenters. The lowest BCUT2D eigenvalue weighted by Crippen LogP contribution is -2.44. The first-order valence-corrected chi connectivity index (χ1v) is 7.10. The van der Waals surface area contributed by atoms with Crippen molar-refractivity contribution in [3.05, 3.63) is 34.6 Å². The molecule has 0 spiro atoms. The normalized spacial score (nSPS) is 16.4. The summed E-state index contributed by atoms with van der Waals surface area (Å²) in [7, 11) is 1.23.